The van der Waals surface area contributed by atoms with E-state index in [0.717, 1.165) is 44.0 Å². The summed E-state index contributed by atoms with van der Waals surface area (Å²) < 4.78 is 5.13. The molecule has 0 bridgehead atoms. The Balaban J connectivity index is 1.36. The van der Waals surface area contributed by atoms with Crippen LogP contribution < -0.4 is 15.0 Å². The lowest BCUT2D eigenvalue weighted by Gasteiger charge is -2.36. The van der Waals surface area contributed by atoms with E-state index in [0.29, 0.717) is 6.54 Å². The molecule has 28 heavy (non-hydrogen) atoms. The number of nitrogens with one attached hydrogen (secondary N) is 1. The maximum Gasteiger partial charge on any atom is 0.244 e. The van der Waals surface area contributed by atoms with E-state index in [1.807, 2.05) is 30.3 Å². The second kappa shape index (κ2) is 9.95. The minimum absolute atomic E-state index is 0.0609. The van der Waals surface area contributed by atoms with Gasteiger partial charge in [-0.05, 0) is 48.4 Å². The van der Waals surface area contributed by atoms with Crippen LogP contribution in [0.25, 0.3) is 6.08 Å². The first kappa shape index (κ1) is 20.0. The van der Waals surface area contributed by atoms with Crippen LogP contribution in [-0.4, -0.2) is 57.2 Å². The molecule has 0 radical (unpaired) electrons. The van der Waals surface area contributed by atoms with Gasteiger partial charge in [0.05, 0.1) is 7.11 Å². The Morgan fingerprint density at radius 3 is 2.54 bits per heavy atom. The van der Waals surface area contributed by atoms with Crippen LogP contribution in [0.5, 0.6) is 5.75 Å². The summed E-state index contributed by atoms with van der Waals surface area (Å²) in [5, 5.41) is 2.97. The summed E-state index contributed by atoms with van der Waals surface area (Å²) in [6, 6.07) is 16.3. The summed E-state index contributed by atoms with van der Waals surface area (Å²) >= 11 is 0. The van der Waals surface area contributed by atoms with Crippen LogP contribution in [0, 0.1) is 6.92 Å². The standard InChI is InChI=1S/C23H29N3O2/c1-19-4-3-5-21(18-19)26-16-14-25(15-17-26)13-12-24-23(27)11-8-20-6-9-22(28-2)10-7-20/h3-11,18H,12-17H2,1-2H3,(H,24,27)/b11-8+. The lowest BCUT2D eigenvalue weighted by atomic mass is 10.2. The van der Waals surface area contributed by atoms with Gasteiger partial charge in [-0.15, -0.1) is 0 Å². The molecule has 5 nitrogen and oxygen atoms in total. The molecule has 2 aromatic rings. The third-order valence-electron chi connectivity index (χ3n) is 5.01. The Hall–Kier alpha value is -2.79. The summed E-state index contributed by atoms with van der Waals surface area (Å²) in [4.78, 5) is 16.8. The van der Waals surface area contributed by atoms with Gasteiger partial charge < -0.3 is 15.0 Å². The van der Waals surface area contributed by atoms with Gasteiger partial charge in [-0.3, -0.25) is 9.69 Å². The van der Waals surface area contributed by atoms with Gasteiger partial charge in [0.25, 0.3) is 0 Å². The number of hydrogen-bond acceptors (Lipinski definition) is 4. The van der Waals surface area contributed by atoms with Gasteiger partial charge in [-0.2, -0.15) is 0 Å². The molecule has 1 fully saturated rings. The summed E-state index contributed by atoms with van der Waals surface area (Å²) in [5.74, 6) is 0.748. The van der Waals surface area contributed by atoms with Crippen LogP contribution in [0.4, 0.5) is 5.69 Å². The average Bonchev–Trinajstić information content (AvgIpc) is 2.73. The topological polar surface area (TPSA) is 44.8 Å². The number of ether oxygens (including phenoxy) is 1. The molecule has 0 unspecified atom stereocenters. The number of carbonyl (C=O) groups excluding carboxylic acids is 1. The van der Waals surface area contributed by atoms with Crippen LogP contribution in [0.1, 0.15) is 11.1 Å². The van der Waals surface area contributed by atoms with E-state index in [9.17, 15) is 4.79 Å². The SMILES string of the molecule is COc1ccc(/C=C/C(=O)NCCN2CCN(c3cccc(C)c3)CC2)cc1. The molecule has 0 aromatic heterocycles. The molecule has 0 saturated carbocycles. The fourth-order valence-electron chi connectivity index (χ4n) is 3.34. The molecule has 1 aliphatic heterocycles. The van der Waals surface area contributed by atoms with E-state index < -0.39 is 0 Å². The highest BCUT2D eigenvalue weighted by molar-refractivity contribution is 5.91. The Labute approximate surface area is 167 Å². The molecule has 1 heterocycles. The van der Waals surface area contributed by atoms with E-state index in [2.05, 4.69) is 46.3 Å². The number of piperazine rings is 1. The van der Waals surface area contributed by atoms with Crippen molar-refractivity contribution in [3.8, 4) is 5.75 Å². The molecule has 0 atom stereocenters. The van der Waals surface area contributed by atoms with E-state index in [4.69, 9.17) is 4.74 Å². The minimum atomic E-state index is -0.0609. The largest absolute Gasteiger partial charge is 0.497 e. The van der Waals surface area contributed by atoms with Crippen LogP contribution in [0.15, 0.2) is 54.6 Å². The number of amides is 1. The highest BCUT2D eigenvalue weighted by Gasteiger charge is 2.16. The highest BCUT2D eigenvalue weighted by atomic mass is 16.5. The van der Waals surface area contributed by atoms with Gasteiger partial charge in [0.2, 0.25) is 5.91 Å². The Morgan fingerprint density at radius 2 is 1.86 bits per heavy atom. The number of benzene rings is 2. The molecule has 3 rings (SSSR count). The number of hydrogen-bond donors (Lipinski definition) is 1. The molecular formula is C23H29N3O2. The zero-order valence-corrected chi connectivity index (χ0v) is 16.7. The maximum absolute atomic E-state index is 12.0. The number of aryl methyl sites for hydroxylation is 1. The molecule has 1 amide bonds. The maximum atomic E-state index is 12.0. The smallest absolute Gasteiger partial charge is 0.244 e. The Bertz CT molecular complexity index is 794. The lowest BCUT2D eigenvalue weighted by molar-refractivity contribution is -0.116. The molecule has 0 aliphatic carbocycles. The van der Waals surface area contributed by atoms with Crippen LogP contribution in [0.3, 0.4) is 0 Å². The first-order valence-electron chi connectivity index (χ1n) is 9.78. The van der Waals surface area contributed by atoms with Gasteiger partial charge in [-0.1, -0.05) is 24.3 Å². The second-order valence-electron chi connectivity index (χ2n) is 7.07. The summed E-state index contributed by atoms with van der Waals surface area (Å²) in [5.41, 5.74) is 3.57. The molecule has 0 spiro atoms. The van der Waals surface area contributed by atoms with Crippen molar-refractivity contribution in [1.29, 1.82) is 0 Å². The van der Waals surface area contributed by atoms with Gasteiger partial charge >= 0.3 is 0 Å². The van der Waals surface area contributed by atoms with E-state index in [1.54, 1.807) is 13.2 Å². The predicted molar refractivity (Wildman–Crippen MR) is 115 cm³/mol. The third-order valence-corrected chi connectivity index (χ3v) is 5.01. The van der Waals surface area contributed by atoms with Crippen molar-refractivity contribution in [3.05, 3.63) is 65.7 Å². The van der Waals surface area contributed by atoms with Crippen molar-refractivity contribution in [2.24, 2.45) is 0 Å². The fourth-order valence-corrected chi connectivity index (χ4v) is 3.34. The Kier molecular flexibility index (Phi) is 7.09. The first-order chi connectivity index (χ1) is 13.6. The fraction of sp³-hybridized carbons (Fsp3) is 0.348. The molecule has 148 valence electrons. The normalized spacial score (nSPS) is 15.0. The van der Waals surface area contributed by atoms with Crippen molar-refractivity contribution < 1.29 is 9.53 Å². The zero-order valence-electron chi connectivity index (χ0n) is 16.7. The minimum Gasteiger partial charge on any atom is -0.497 e. The number of carbonyl (C=O) groups is 1. The molecule has 1 saturated heterocycles. The molecular weight excluding hydrogens is 350 g/mol. The van der Waals surface area contributed by atoms with E-state index in [1.165, 1.54) is 11.3 Å². The lowest BCUT2D eigenvalue weighted by Crippen LogP contribution is -2.48. The monoisotopic (exact) mass is 379 g/mol. The van der Waals surface area contributed by atoms with Crippen LogP contribution in [-0.2, 0) is 4.79 Å². The molecule has 1 N–H and O–H groups in total. The number of nitrogens with zero attached hydrogens (tertiary/aromatic N) is 2. The quantitative estimate of drug-likeness (QED) is 0.752. The summed E-state index contributed by atoms with van der Waals surface area (Å²) in [7, 11) is 1.64. The van der Waals surface area contributed by atoms with Gasteiger partial charge in [0.1, 0.15) is 5.75 Å². The van der Waals surface area contributed by atoms with E-state index in [-0.39, 0.29) is 5.91 Å². The average molecular weight is 380 g/mol. The second-order valence-corrected chi connectivity index (χ2v) is 7.07. The predicted octanol–water partition coefficient (Wildman–Crippen LogP) is 2.96. The van der Waals surface area contributed by atoms with Crippen molar-refractivity contribution >= 4 is 17.7 Å². The number of rotatable bonds is 7. The van der Waals surface area contributed by atoms with Crippen molar-refractivity contribution in [2.75, 3.05) is 51.3 Å². The molecule has 2 aromatic carbocycles. The Morgan fingerprint density at radius 1 is 1.11 bits per heavy atom. The van der Waals surface area contributed by atoms with Gasteiger partial charge in [-0.25, -0.2) is 0 Å². The van der Waals surface area contributed by atoms with E-state index >= 15 is 0 Å². The van der Waals surface area contributed by atoms with Crippen molar-refractivity contribution in [2.45, 2.75) is 6.92 Å². The molecule has 1 aliphatic rings. The third kappa shape index (κ3) is 5.86. The zero-order chi connectivity index (χ0) is 19.8. The van der Waals surface area contributed by atoms with Crippen LogP contribution in [0.2, 0.25) is 0 Å². The number of anilines is 1. The van der Waals surface area contributed by atoms with Crippen LogP contribution >= 0.6 is 0 Å². The van der Waals surface area contributed by atoms with Crippen molar-refractivity contribution in [1.82, 2.24) is 10.2 Å². The summed E-state index contributed by atoms with van der Waals surface area (Å²) in [6.45, 7) is 7.76. The first-order valence-corrected chi connectivity index (χ1v) is 9.78. The van der Waals surface area contributed by atoms with Crippen molar-refractivity contribution in [3.63, 3.8) is 0 Å². The highest BCUT2D eigenvalue weighted by Crippen LogP contribution is 2.17. The molecule has 5 heteroatoms. The van der Waals surface area contributed by atoms with Gasteiger partial charge in [0.15, 0.2) is 0 Å². The summed E-state index contributed by atoms with van der Waals surface area (Å²) in [6.07, 6.45) is 3.40. The number of methoxy groups -OCH3 is 1. The van der Waals surface area contributed by atoms with Gasteiger partial charge in [0, 0.05) is 51.0 Å².